The molecule has 1 unspecified atom stereocenters. The molecule has 17 heavy (non-hydrogen) atoms. The van der Waals surface area contributed by atoms with Crippen molar-refractivity contribution in [1.82, 2.24) is 0 Å². The molecule has 6 heteroatoms. The summed E-state index contributed by atoms with van der Waals surface area (Å²) in [7, 11) is 1.51. The van der Waals surface area contributed by atoms with Crippen molar-refractivity contribution >= 4 is 11.7 Å². The number of methoxy groups -OCH3 is 1. The highest BCUT2D eigenvalue weighted by Crippen LogP contribution is 2.38. The Morgan fingerprint density at radius 1 is 1.65 bits per heavy atom. The molecule has 0 saturated carbocycles. The number of fused-ring (bicyclic) bond motifs is 1. The van der Waals surface area contributed by atoms with Gasteiger partial charge in [-0.3, -0.25) is 0 Å². The Morgan fingerprint density at radius 3 is 3.18 bits per heavy atom. The molecule has 1 atom stereocenters. The summed E-state index contributed by atoms with van der Waals surface area (Å²) in [5, 5.41) is 11.9. The van der Waals surface area contributed by atoms with E-state index in [0.29, 0.717) is 11.5 Å². The highest BCUT2D eigenvalue weighted by molar-refractivity contribution is 5.76. The molecule has 0 saturated heterocycles. The van der Waals surface area contributed by atoms with Gasteiger partial charge in [0.05, 0.1) is 12.2 Å². The standard InChI is InChI=1S/C11H13NO5/c1-15-6-16-8-4-2-3-7-10(8)17-9(5-12-7)11(13)14/h2-4,9,12H,5-6H2,1H3,(H,13,14). The second-order valence-electron chi connectivity index (χ2n) is 3.51. The van der Waals surface area contributed by atoms with Gasteiger partial charge in [0.1, 0.15) is 0 Å². The number of hydrogen-bond acceptors (Lipinski definition) is 5. The van der Waals surface area contributed by atoms with Crippen LogP contribution in [0.5, 0.6) is 11.5 Å². The minimum atomic E-state index is -1.01. The van der Waals surface area contributed by atoms with E-state index in [1.165, 1.54) is 7.11 Å². The van der Waals surface area contributed by atoms with Crippen LogP contribution in [0.3, 0.4) is 0 Å². The molecular weight excluding hydrogens is 226 g/mol. The molecule has 2 N–H and O–H groups in total. The lowest BCUT2D eigenvalue weighted by Crippen LogP contribution is -2.37. The van der Waals surface area contributed by atoms with Gasteiger partial charge in [-0.1, -0.05) is 6.07 Å². The Kier molecular flexibility index (Phi) is 3.34. The van der Waals surface area contributed by atoms with E-state index < -0.39 is 12.1 Å². The van der Waals surface area contributed by atoms with Crippen molar-refractivity contribution in [3.63, 3.8) is 0 Å². The SMILES string of the molecule is COCOc1cccc2c1OC(C(=O)O)CN2. The summed E-state index contributed by atoms with van der Waals surface area (Å²) in [6.07, 6.45) is -0.908. The number of carboxylic acids is 1. The van der Waals surface area contributed by atoms with Crippen molar-refractivity contribution in [2.75, 3.05) is 25.8 Å². The Hall–Kier alpha value is -1.95. The number of hydrogen-bond donors (Lipinski definition) is 2. The first-order chi connectivity index (χ1) is 8.22. The average Bonchev–Trinajstić information content (AvgIpc) is 2.35. The van der Waals surface area contributed by atoms with Crippen molar-refractivity contribution in [3.8, 4) is 11.5 Å². The van der Waals surface area contributed by atoms with Crippen molar-refractivity contribution in [2.24, 2.45) is 0 Å². The fraction of sp³-hybridized carbons (Fsp3) is 0.364. The number of nitrogens with one attached hydrogen (secondary N) is 1. The van der Waals surface area contributed by atoms with Gasteiger partial charge in [0.15, 0.2) is 18.3 Å². The van der Waals surface area contributed by atoms with Gasteiger partial charge in [-0.15, -0.1) is 0 Å². The number of anilines is 1. The molecule has 1 heterocycles. The normalized spacial score (nSPS) is 17.6. The highest BCUT2D eigenvalue weighted by atomic mass is 16.7. The molecule has 0 spiro atoms. The number of aliphatic carboxylic acids is 1. The quantitative estimate of drug-likeness (QED) is 0.761. The second-order valence-corrected chi connectivity index (χ2v) is 3.51. The molecule has 0 aromatic heterocycles. The highest BCUT2D eigenvalue weighted by Gasteiger charge is 2.27. The van der Waals surface area contributed by atoms with Gasteiger partial charge < -0.3 is 24.6 Å². The molecule has 1 aromatic rings. The Morgan fingerprint density at radius 2 is 2.47 bits per heavy atom. The fourth-order valence-electron chi connectivity index (χ4n) is 1.54. The lowest BCUT2D eigenvalue weighted by Gasteiger charge is -2.26. The van der Waals surface area contributed by atoms with Crippen LogP contribution in [0.1, 0.15) is 0 Å². The summed E-state index contributed by atoms with van der Waals surface area (Å²) < 4.78 is 15.5. The Labute approximate surface area is 98.1 Å². The van der Waals surface area contributed by atoms with Crippen molar-refractivity contribution in [2.45, 2.75) is 6.10 Å². The minimum absolute atomic E-state index is 0.0809. The Balaban J connectivity index is 2.23. The minimum Gasteiger partial charge on any atom is -0.478 e. The first-order valence-electron chi connectivity index (χ1n) is 5.10. The van der Waals surface area contributed by atoms with Crippen molar-refractivity contribution in [3.05, 3.63) is 18.2 Å². The largest absolute Gasteiger partial charge is 0.478 e. The van der Waals surface area contributed by atoms with Crippen LogP contribution in [0.4, 0.5) is 5.69 Å². The summed E-state index contributed by atoms with van der Waals surface area (Å²) in [6.45, 7) is 0.313. The number of para-hydroxylation sites is 1. The summed E-state index contributed by atoms with van der Waals surface area (Å²) in [4.78, 5) is 10.9. The van der Waals surface area contributed by atoms with Crippen LogP contribution in [0.25, 0.3) is 0 Å². The third-order valence-electron chi connectivity index (χ3n) is 2.32. The third kappa shape index (κ3) is 2.42. The summed E-state index contributed by atoms with van der Waals surface area (Å²) in [6, 6.07) is 5.29. The van der Waals surface area contributed by atoms with Gasteiger partial charge in [0.25, 0.3) is 0 Å². The summed E-state index contributed by atoms with van der Waals surface area (Å²) >= 11 is 0. The van der Waals surface area contributed by atoms with E-state index in [4.69, 9.17) is 19.3 Å². The predicted octanol–water partition coefficient (Wildman–Crippen LogP) is 0.927. The van der Waals surface area contributed by atoms with Crippen molar-refractivity contribution < 1.29 is 24.1 Å². The lowest BCUT2D eigenvalue weighted by molar-refractivity contribution is -0.144. The first-order valence-corrected chi connectivity index (χ1v) is 5.10. The number of rotatable bonds is 4. The molecule has 0 bridgehead atoms. The second kappa shape index (κ2) is 4.92. The maximum absolute atomic E-state index is 10.9. The zero-order chi connectivity index (χ0) is 12.3. The van der Waals surface area contributed by atoms with Gasteiger partial charge in [-0.05, 0) is 12.1 Å². The van der Waals surface area contributed by atoms with Crippen LogP contribution in [0.15, 0.2) is 18.2 Å². The van der Waals surface area contributed by atoms with E-state index >= 15 is 0 Å². The van der Waals surface area contributed by atoms with Gasteiger partial charge in [-0.25, -0.2) is 4.79 Å². The van der Waals surface area contributed by atoms with E-state index in [-0.39, 0.29) is 13.3 Å². The Bertz CT molecular complexity index is 420. The van der Waals surface area contributed by atoms with Crippen LogP contribution < -0.4 is 14.8 Å². The van der Waals surface area contributed by atoms with Crippen LogP contribution in [-0.2, 0) is 9.53 Å². The molecule has 1 aromatic carbocycles. The van der Waals surface area contributed by atoms with Gasteiger partial charge in [0.2, 0.25) is 6.10 Å². The predicted molar refractivity (Wildman–Crippen MR) is 59.5 cm³/mol. The molecule has 0 aliphatic carbocycles. The van der Waals surface area contributed by atoms with Crippen LogP contribution in [-0.4, -0.2) is 37.6 Å². The molecular formula is C11H13NO5. The first kappa shape index (κ1) is 11.5. The smallest absolute Gasteiger partial charge is 0.346 e. The van der Waals surface area contributed by atoms with E-state index in [1.807, 2.05) is 0 Å². The number of carbonyl (C=O) groups is 1. The maximum atomic E-state index is 10.9. The zero-order valence-electron chi connectivity index (χ0n) is 9.30. The molecule has 1 aliphatic rings. The third-order valence-corrected chi connectivity index (χ3v) is 2.32. The monoisotopic (exact) mass is 239 g/mol. The summed E-state index contributed by atoms with van der Waals surface area (Å²) in [5.74, 6) is -0.143. The van der Waals surface area contributed by atoms with Crippen LogP contribution in [0.2, 0.25) is 0 Å². The molecule has 0 fully saturated rings. The van der Waals surface area contributed by atoms with Crippen LogP contribution in [0, 0.1) is 0 Å². The number of ether oxygens (including phenoxy) is 3. The lowest BCUT2D eigenvalue weighted by atomic mass is 10.2. The van der Waals surface area contributed by atoms with E-state index in [2.05, 4.69) is 5.32 Å². The maximum Gasteiger partial charge on any atom is 0.346 e. The van der Waals surface area contributed by atoms with Crippen LogP contribution >= 0.6 is 0 Å². The zero-order valence-corrected chi connectivity index (χ0v) is 9.30. The van der Waals surface area contributed by atoms with E-state index in [1.54, 1.807) is 18.2 Å². The topological polar surface area (TPSA) is 77.0 Å². The van der Waals surface area contributed by atoms with E-state index in [0.717, 1.165) is 5.69 Å². The average molecular weight is 239 g/mol. The number of benzene rings is 1. The van der Waals surface area contributed by atoms with Gasteiger partial charge in [0, 0.05) is 7.11 Å². The molecule has 1 aliphatic heterocycles. The number of carboxylic acid groups (broad SMARTS) is 1. The van der Waals surface area contributed by atoms with Gasteiger partial charge in [-0.2, -0.15) is 0 Å². The molecule has 0 amide bonds. The van der Waals surface area contributed by atoms with Gasteiger partial charge >= 0.3 is 5.97 Å². The molecule has 0 radical (unpaired) electrons. The van der Waals surface area contributed by atoms with Crippen molar-refractivity contribution in [1.29, 1.82) is 0 Å². The molecule has 92 valence electrons. The fourth-order valence-corrected chi connectivity index (χ4v) is 1.54. The summed E-state index contributed by atoms with van der Waals surface area (Å²) in [5.41, 5.74) is 0.719. The van der Waals surface area contributed by atoms with E-state index in [9.17, 15) is 4.79 Å². The molecule has 6 nitrogen and oxygen atoms in total. The molecule has 2 rings (SSSR count).